The van der Waals surface area contributed by atoms with Crippen LogP contribution in [0.3, 0.4) is 0 Å². The summed E-state index contributed by atoms with van der Waals surface area (Å²) in [6, 6.07) is 23.7. The van der Waals surface area contributed by atoms with Crippen molar-refractivity contribution in [3.63, 3.8) is 0 Å². The quantitative estimate of drug-likeness (QED) is 0.395. The number of hydrogen-bond donors (Lipinski definition) is 2. The lowest BCUT2D eigenvalue weighted by Gasteiger charge is -2.24. The number of carbonyl (C=O) groups is 1. The zero-order valence-corrected chi connectivity index (χ0v) is 20.5. The minimum atomic E-state index is -0.439. The van der Waals surface area contributed by atoms with E-state index in [0.29, 0.717) is 18.8 Å². The maximum Gasteiger partial charge on any atom is 0.202 e. The lowest BCUT2D eigenvalue weighted by molar-refractivity contribution is 0.0922. The largest absolute Gasteiger partial charge is 0.497 e. The van der Waals surface area contributed by atoms with E-state index in [1.165, 1.54) is 5.56 Å². The predicted octanol–water partition coefficient (Wildman–Crippen LogP) is 4.00. The normalized spacial score (nSPS) is 15.2. The van der Waals surface area contributed by atoms with Crippen LogP contribution in [0.15, 0.2) is 79.1 Å². The van der Waals surface area contributed by atoms with Crippen LogP contribution in [0.4, 0.5) is 0 Å². The topological polar surface area (TPSA) is 79.6 Å². The molecule has 0 fully saturated rings. The van der Waals surface area contributed by atoms with Crippen molar-refractivity contribution >= 4 is 5.78 Å². The second-order valence-corrected chi connectivity index (χ2v) is 9.03. The number of carbonyl (C=O) groups excluding carboxylic acids is 1. The number of aliphatic hydroxyl groups is 1. The van der Waals surface area contributed by atoms with Gasteiger partial charge in [0.25, 0.3) is 0 Å². The van der Waals surface area contributed by atoms with Gasteiger partial charge in [0.05, 0.1) is 25.5 Å². The Morgan fingerprint density at radius 3 is 2.56 bits per heavy atom. The number of ketones is 1. The van der Waals surface area contributed by atoms with Gasteiger partial charge in [-0.3, -0.25) is 19.6 Å². The van der Waals surface area contributed by atoms with E-state index in [1.807, 2.05) is 60.1 Å². The van der Waals surface area contributed by atoms with Crippen LogP contribution >= 0.6 is 0 Å². The van der Waals surface area contributed by atoms with Crippen LogP contribution in [0.1, 0.15) is 33.4 Å². The third-order valence-corrected chi connectivity index (χ3v) is 6.66. The summed E-state index contributed by atoms with van der Waals surface area (Å²) in [6.45, 7) is 2.03. The van der Waals surface area contributed by atoms with Gasteiger partial charge in [-0.05, 0) is 53.6 Å². The van der Waals surface area contributed by atoms with E-state index >= 15 is 0 Å². The Hall–Kier alpha value is -3.78. The van der Waals surface area contributed by atoms with Crippen molar-refractivity contribution in [1.29, 1.82) is 0 Å². The molecule has 1 atom stereocenters. The monoisotopic (exact) mass is 482 g/mol. The van der Waals surface area contributed by atoms with Gasteiger partial charge < -0.3 is 9.84 Å². The van der Waals surface area contributed by atoms with Crippen LogP contribution < -0.4 is 10.1 Å². The number of benzene rings is 3. The molecule has 184 valence electrons. The molecule has 1 aliphatic rings. The fraction of sp³-hybridized carbons (Fsp3) is 0.241. The van der Waals surface area contributed by atoms with E-state index in [2.05, 4.69) is 39.5 Å². The molecule has 7 heteroatoms. The Balaban J connectivity index is 1.40. The van der Waals surface area contributed by atoms with Crippen molar-refractivity contribution in [2.75, 3.05) is 27.3 Å². The molecule has 0 aliphatic carbocycles. The molecule has 3 aromatic carbocycles. The number of methoxy groups -OCH3 is 1. The number of rotatable bonds is 8. The zero-order valence-electron chi connectivity index (χ0n) is 20.5. The van der Waals surface area contributed by atoms with Crippen LogP contribution in [0, 0.1) is 0 Å². The van der Waals surface area contributed by atoms with Crippen molar-refractivity contribution < 1.29 is 14.6 Å². The van der Waals surface area contributed by atoms with Gasteiger partial charge in [-0.15, -0.1) is 0 Å². The number of aromatic nitrogens is 2. The van der Waals surface area contributed by atoms with Gasteiger partial charge in [0.15, 0.2) is 0 Å². The molecule has 2 heterocycles. The van der Waals surface area contributed by atoms with Crippen molar-refractivity contribution in [2.45, 2.75) is 19.1 Å². The minimum absolute atomic E-state index is 0.00310. The molecule has 7 nitrogen and oxygen atoms in total. The molecule has 0 radical (unpaired) electrons. The number of hydrogen-bond acceptors (Lipinski definition) is 6. The number of aliphatic hydroxyl groups excluding tert-OH is 1. The highest BCUT2D eigenvalue weighted by molar-refractivity contribution is 6.01. The number of nitrogens with zero attached hydrogens (tertiary/aromatic N) is 3. The van der Waals surface area contributed by atoms with E-state index < -0.39 is 6.04 Å². The van der Waals surface area contributed by atoms with Crippen LogP contribution in [-0.4, -0.2) is 52.6 Å². The SMILES string of the molecule is COc1ccc(-n2cnc3c2C(=O)C(c2ccc(-c4ccccc4CN(C)CCO)cc2)NC3)cc1. The molecule has 2 N–H and O–H groups in total. The van der Waals surface area contributed by atoms with Gasteiger partial charge >= 0.3 is 0 Å². The van der Waals surface area contributed by atoms with E-state index in [9.17, 15) is 9.90 Å². The Labute approximate surface area is 211 Å². The minimum Gasteiger partial charge on any atom is -0.497 e. The third-order valence-electron chi connectivity index (χ3n) is 6.66. The first-order valence-electron chi connectivity index (χ1n) is 12.0. The van der Waals surface area contributed by atoms with Gasteiger partial charge in [-0.25, -0.2) is 4.98 Å². The highest BCUT2D eigenvalue weighted by Crippen LogP contribution is 2.30. The summed E-state index contributed by atoms with van der Waals surface area (Å²) in [4.78, 5) is 20.2. The number of likely N-dealkylation sites (N-methyl/N-ethyl adjacent to an activating group) is 1. The Bertz CT molecular complexity index is 1350. The number of imidazole rings is 1. The van der Waals surface area contributed by atoms with Gasteiger partial charge in [0, 0.05) is 25.3 Å². The molecule has 36 heavy (non-hydrogen) atoms. The number of fused-ring (bicyclic) bond motifs is 1. The van der Waals surface area contributed by atoms with Crippen LogP contribution in [0.5, 0.6) is 5.75 Å². The summed E-state index contributed by atoms with van der Waals surface area (Å²) in [5, 5.41) is 12.6. The Morgan fingerprint density at radius 1 is 1.08 bits per heavy atom. The lowest BCUT2D eigenvalue weighted by Crippen LogP contribution is -2.35. The maximum atomic E-state index is 13.6. The van der Waals surface area contributed by atoms with Gasteiger partial charge in [0.1, 0.15) is 17.8 Å². The van der Waals surface area contributed by atoms with E-state index in [1.54, 1.807) is 13.4 Å². The molecule has 0 saturated carbocycles. The van der Waals surface area contributed by atoms with E-state index in [0.717, 1.165) is 40.4 Å². The molecule has 5 rings (SSSR count). The average molecular weight is 483 g/mol. The molecular formula is C29H30N4O3. The second kappa shape index (κ2) is 10.5. The maximum absolute atomic E-state index is 13.6. The molecule has 0 saturated heterocycles. The van der Waals surface area contributed by atoms with Crippen molar-refractivity contribution in [1.82, 2.24) is 19.8 Å². The van der Waals surface area contributed by atoms with Crippen LogP contribution in [0.25, 0.3) is 16.8 Å². The third kappa shape index (κ3) is 4.68. The first-order valence-corrected chi connectivity index (χ1v) is 12.0. The number of nitrogens with one attached hydrogen (secondary N) is 1. The summed E-state index contributed by atoms with van der Waals surface area (Å²) < 4.78 is 7.12. The highest BCUT2D eigenvalue weighted by atomic mass is 16.5. The Kier molecular flexibility index (Phi) is 6.95. The van der Waals surface area contributed by atoms with E-state index in [4.69, 9.17) is 4.74 Å². The molecule has 1 aliphatic heterocycles. The summed E-state index contributed by atoms with van der Waals surface area (Å²) in [5.41, 5.74) is 6.61. The van der Waals surface area contributed by atoms with Crippen molar-refractivity contribution in [2.24, 2.45) is 0 Å². The average Bonchev–Trinajstić information content (AvgIpc) is 3.35. The van der Waals surface area contributed by atoms with Gasteiger partial charge in [-0.2, -0.15) is 0 Å². The smallest absolute Gasteiger partial charge is 0.202 e. The summed E-state index contributed by atoms with van der Waals surface area (Å²) >= 11 is 0. The first-order chi connectivity index (χ1) is 17.6. The van der Waals surface area contributed by atoms with E-state index in [-0.39, 0.29) is 12.4 Å². The standard InChI is InChI=1S/C29H30N4O3/c1-32(15-16-34)18-22-5-3-4-6-25(22)20-7-9-21(10-8-20)27-29(35)28-26(17-30-27)31-19-33(28)23-11-13-24(36-2)14-12-23/h3-14,19,27,30,34H,15-18H2,1-2H3. The van der Waals surface area contributed by atoms with Gasteiger partial charge in [-0.1, -0.05) is 48.5 Å². The molecule has 1 aromatic heterocycles. The first kappa shape index (κ1) is 23.9. The van der Waals surface area contributed by atoms with Crippen molar-refractivity contribution in [3.8, 4) is 22.6 Å². The summed E-state index contributed by atoms with van der Waals surface area (Å²) in [6.07, 6.45) is 1.71. The summed E-state index contributed by atoms with van der Waals surface area (Å²) in [5.74, 6) is 0.767. The van der Waals surface area contributed by atoms with Crippen LogP contribution in [0.2, 0.25) is 0 Å². The fourth-order valence-corrected chi connectivity index (χ4v) is 4.75. The molecule has 4 aromatic rings. The molecular weight excluding hydrogens is 452 g/mol. The predicted molar refractivity (Wildman–Crippen MR) is 139 cm³/mol. The Morgan fingerprint density at radius 2 is 1.83 bits per heavy atom. The fourth-order valence-electron chi connectivity index (χ4n) is 4.75. The molecule has 0 amide bonds. The molecule has 1 unspecified atom stereocenters. The van der Waals surface area contributed by atoms with Crippen molar-refractivity contribution in [3.05, 3.63) is 102 Å². The van der Waals surface area contributed by atoms with Gasteiger partial charge in [0.2, 0.25) is 5.78 Å². The highest BCUT2D eigenvalue weighted by Gasteiger charge is 2.32. The zero-order chi connectivity index (χ0) is 25.1. The summed E-state index contributed by atoms with van der Waals surface area (Å²) in [7, 11) is 3.63. The number of Topliss-reactive ketones (excluding diaryl/α,β-unsaturated/α-hetero) is 1. The van der Waals surface area contributed by atoms with Crippen LogP contribution in [-0.2, 0) is 13.1 Å². The number of ether oxygens (including phenoxy) is 1. The lowest BCUT2D eigenvalue weighted by atomic mass is 9.93. The second-order valence-electron chi connectivity index (χ2n) is 9.03. The molecule has 0 spiro atoms. The molecule has 0 bridgehead atoms.